The van der Waals surface area contributed by atoms with E-state index in [1.807, 2.05) is 0 Å². The lowest BCUT2D eigenvalue weighted by Crippen LogP contribution is -2.54. The van der Waals surface area contributed by atoms with Gasteiger partial charge >= 0.3 is 5.97 Å². The second kappa shape index (κ2) is 11.2. The van der Waals surface area contributed by atoms with Crippen molar-refractivity contribution in [1.29, 1.82) is 0 Å². The number of hydrogen-bond donors (Lipinski definition) is 6. The first-order chi connectivity index (χ1) is 14.7. The molecule has 1 aromatic carbocycles. The van der Waals surface area contributed by atoms with Crippen LogP contribution < -0.4 is 22.5 Å². The standard InChI is InChI=1S/C20H30N6O5/c21-14(11-12-5-7-13(27)8-6-12)17(28)25-15(3-1-9-24-20(22)23)18(29)26-10-2-4-16(26)19(30)31/h5-8,14-16,27H,1-4,9-11,21H2,(H,25,28)(H,30,31)(H4,22,23,24). The van der Waals surface area contributed by atoms with Crippen LogP contribution in [-0.2, 0) is 20.8 Å². The van der Waals surface area contributed by atoms with Gasteiger partial charge in [-0.2, -0.15) is 0 Å². The zero-order valence-corrected chi connectivity index (χ0v) is 17.2. The number of guanidine groups is 1. The quantitative estimate of drug-likeness (QED) is 0.151. The van der Waals surface area contributed by atoms with Crippen molar-refractivity contribution in [2.75, 3.05) is 13.1 Å². The van der Waals surface area contributed by atoms with E-state index in [4.69, 9.17) is 17.2 Å². The Morgan fingerprint density at radius 1 is 1.23 bits per heavy atom. The molecule has 0 radical (unpaired) electrons. The molecule has 1 aliphatic heterocycles. The van der Waals surface area contributed by atoms with Crippen LogP contribution >= 0.6 is 0 Å². The highest BCUT2D eigenvalue weighted by Gasteiger charge is 2.37. The van der Waals surface area contributed by atoms with Crippen LogP contribution in [0.1, 0.15) is 31.2 Å². The Morgan fingerprint density at radius 3 is 2.52 bits per heavy atom. The second-order valence-corrected chi connectivity index (χ2v) is 7.51. The molecule has 11 nitrogen and oxygen atoms in total. The molecule has 0 saturated carbocycles. The molecule has 0 bridgehead atoms. The van der Waals surface area contributed by atoms with Crippen LogP contribution in [0, 0.1) is 0 Å². The average Bonchev–Trinajstić information content (AvgIpc) is 3.21. The number of carbonyl (C=O) groups is 3. The van der Waals surface area contributed by atoms with Gasteiger partial charge in [-0.05, 0) is 49.8 Å². The largest absolute Gasteiger partial charge is 0.508 e. The van der Waals surface area contributed by atoms with Gasteiger partial charge < -0.3 is 37.6 Å². The highest BCUT2D eigenvalue weighted by Crippen LogP contribution is 2.20. The molecule has 170 valence electrons. The summed E-state index contributed by atoms with van der Waals surface area (Å²) in [7, 11) is 0. The zero-order valence-electron chi connectivity index (χ0n) is 17.2. The van der Waals surface area contributed by atoms with Gasteiger partial charge in [0.1, 0.15) is 17.8 Å². The van der Waals surface area contributed by atoms with E-state index in [9.17, 15) is 24.6 Å². The summed E-state index contributed by atoms with van der Waals surface area (Å²) in [6.07, 6.45) is 1.81. The van der Waals surface area contributed by atoms with Gasteiger partial charge in [0.2, 0.25) is 11.8 Å². The third-order valence-corrected chi connectivity index (χ3v) is 5.11. The second-order valence-electron chi connectivity index (χ2n) is 7.51. The molecule has 31 heavy (non-hydrogen) atoms. The number of hydrogen-bond acceptors (Lipinski definition) is 6. The number of nitrogens with one attached hydrogen (secondary N) is 1. The molecule has 0 aromatic heterocycles. The van der Waals surface area contributed by atoms with Crippen molar-refractivity contribution < 1.29 is 24.6 Å². The highest BCUT2D eigenvalue weighted by molar-refractivity contribution is 5.92. The fraction of sp³-hybridized carbons (Fsp3) is 0.500. The maximum absolute atomic E-state index is 13.0. The van der Waals surface area contributed by atoms with Crippen LogP contribution in [0.2, 0.25) is 0 Å². The van der Waals surface area contributed by atoms with Gasteiger partial charge in [0, 0.05) is 13.1 Å². The van der Waals surface area contributed by atoms with Crippen molar-refractivity contribution in [2.24, 2.45) is 22.2 Å². The van der Waals surface area contributed by atoms with Gasteiger partial charge in [0.15, 0.2) is 5.96 Å². The molecule has 3 unspecified atom stereocenters. The Bertz CT molecular complexity index is 809. The van der Waals surface area contributed by atoms with E-state index in [-0.39, 0.29) is 31.1 Å². The number of aliphatic carboxylic acids is 1. The molecule has 2 rings (SSSR count). The molecule has 1 aliphatic rings. The van der Waals surface area contributed by atoms with Crippen molar-refractivity contribution in [2.45, 2.75) is 50.2 Å². The van der Waals surface area contributed by atoms with Crippen LogP contribution in [0.25, 0.3) is 0 Å². The number of aromatic hydroxyl groups is 1. The number of rotatable bonds is 10. The van der Waals surface area contributed by atoms with Crippen molar-refractivity contribution in [3.8, 4) is 5.75 Å². The Morgan fingerprint density at radius 2 is 1.90 bits per heavy atom. The SMILES string of the molecule is NC(N)=NCCCC(NC(=O)C(N)Cc1ccc(O)cc1)C(=O)N1CCCC1C(=O)O. The van der Waals surface area contributed by atoms with Gasteiger partial charge in [-0.25, -0.2) is 4.79 Å². The van der Waals surface area contributed by atoms with Crippen molar-refractivity contribution in [3.05, 3.63) is 29.8 Å². The molecule has 0 aliphatic carbocycles. The highest BCUT2D eigenvalue weighted by atomic mass is 16.4. The number of carboxylic acid groups (broad SMARTS) is 1. The Labute approximate surface area is 180 Å². The van der Waals surface area contributed by atoms with Crippen LogP contribution in [0.5, 0.6) is 5.75 Å². The summed E-state index contributed by atoms with van der Waals surface area (Å²) >= 11 is 0. The van der Waals surface area contributed by atoms with E-state index in [1.165, 1.54) is 17.0 Å². The number of carboxylic acids is 1. The lowest BCUT2D eigenvalue weighted by atomic mass is 10.0. The average molecular weight is 434 g/mol. The maximum atomic E-state index is 13.0. The number of carbonyl (C=O) groups excluding carboxylic acids is 2. The van der Waals surface area contributed by atoms with Crippen LogP contribution in [0.4, 0.5) is 0 Å². The molecule has 9 N–H and O–H groups in total. The number of amides is 2. The monoisotopic (exact) mass is 434 g/mol. The summed E-state index contributed by atoms with van der Waals surface area (Å²) in [5, 5.41) is 21.4. The third kappa shape index (κ3) is 7.14. The van der Waals surface area contributed by atoms with E-state index in [0.29, 0.717) is 25.8 Å². The van der Waals surface area contributed by atoms with E-state index < -0.39 is 35.9 Å². The molecule has 0 spiro atoms. The summed E-state index contributed by atoms with van der Waals surface area (Å²) in [5.41, 5.74) is 17.4. The minimum absolute atomic E-state index is 0.0756. The first kappa shape index (κ1) is 23.9. The summed E-state index contributed by atoms with van der Waals surface area (Å²) in [6.45, 7) is 0.583. The number of likely N-dealkylation sites (tertiary alicyclic amines) is 1. The molecular weight excluding hydrogens is 404 g/mol. The Hall–Kier alpha value is -3.34. The van der Waals surface area contributed by atoms with E-state index >= 15 is 0 Å². The topological polar surface area (TPSA) is 197 Å². The number of nitrogens with two attached hydrogens (primary N) is 3. The molecule has 11 heteroatoms. The minimum Gasteiger partial charge on any atom is -0.508 e. The van der Waals surface area contributed by atoms with E-state index in [2.05, 4.69) is 10.3 Å². The number of phenols is 1. The van der Waals surface area contributed by atoms with Crippen molar-refractivity contribution in [3.63, 3.8) is 0 Å². The number of aliphatic imine (C=N–C) groups is 1. The maximum Gasteiger partial charge on any atom is 0.326 e. The van der Waals surface area contributed by atoms with Gasteiger partial charge in [0.25, 0.3) is 0 Å². The predicted molar refractivity (Wildman–Crippen MR) is 114 cm³/mol. The molecule has 1 saturated heterocycles. The smallest absolute Gasteiger partial charge is 0.326 e. The summed E-state index contributed by atoms with van der Waals surface area (Å²) in [4.78, 5) is 42.3. The molecule has 1 heterocycles. The van der Waals surface area contributed by atoms with Gasteiger partial charge in [-0.3, -0.25) is 14.6 Å². The molecule has 3 atom stereocenters. The number of nitrogens with zero attached hydrogens (tertiary/aromatic N) is 2. The van der Waals surface area contributed by atoms with Crippen LogP contribution in [-0.4, -0.2) is 70.1 Å². The lowest BCUT2D eigenvalue weighted by molar-refractivity contribution is -0.149. The van der Waals surface area contributed by atoms with E-state index in [0.717, 1.165) is 5.56 Å². The van der Waals surface area contributed by atoms with Crippen molar-refractivity contribution >= 4 is 23.7 Å². The van der Waals surface area contributed by atoms with Crippen LogP contribution in [0.15, 0.2) is 29.3 Å². The van der Waals surface area contributed by atoms with Gasteiger partial charge in [-0.15, -0.1) is 0 Å². The normalized spacial score (nSPS) is 17.6. The summed E-state index contributed by atoms with van der Waals surface area (Å²) in [6, 6.07) is 3.53. The minimum atomic E-state index is -1.07. The fourth-order valence-corrected chi connectivity index (χ4v) is 3.51. The third-order valence-electron chi connectivity index (χ3n) is 5.11. The zero-order chi connectivity index (χ0) is 23.0. The van der Waals surface area contributed by atoms with Gasteiger partial charge in [0.05, 0.1) is 6.04 Å². The molecular formula is C20H30N6O5. The molecule has 1 fully saturated rings. The summed E-state index contributed by atoms with van der Waals surface area (Å²) in [5.74, 6) is -2.03. The Balaban J connectivity index is 2.06. The lowest BCUT2D eigenvalue weighted by Gasteiger charge is -2.28. The van der Waals surface area contributed by atoms with Crippen molar-refractivity contribution in [1.82, 2.24) is 10.2 Å². The summed E-state index contributed by atoms with van der Waals surface area (Å²) < 4.78 is 0. The van der Waals surface area contributed by atoms with E-state index in [1.54, 1.807) is 12.1 Å². The first-order valence-electron chi connectivity index (χ1n) is 10.1. The first-order valence-corrected chi connectivity index (χ1v) is 10.1. The molecule has 1 aromatic rings. The number of benzene rings is 1. The van der Waals surface area contributed by atoms with Gasteiger partial charge in [-0.1, -0.05) is 12.1 Å². The Kier molecular flexibility index (Phi) is 8.62. The fourth-order valence-electron chi connectivity index (χ4n) is 3.51. The predicted octanol–water partition coefficient (Wildman–Crippen LogP) is -1.12. The van der Waals surface area contributed by atoms with Crippen LogP contribution in [0.3, 0.4) is 0 Å². The molecule has 2 amide bonds. The number of phenolic OH excluding ortho intramolecular Hbond substituents is 1.